The molecule has 2 atom stereocenters. The summed E-state index contributed by atoms with van der Waals surface area (Å²) in [6.45, 7) is 3.12. The van der Waals surface area contributed by atoms with Crippen molar-refractivity contribution in [2.75, 3.05) is 6.54 Å². The van der Waals surface area contributed by atoms with Gasteiger partial charge < -0.3 is 0 Å². The third-order valence-corrected chi connectivity index (χ3v) is 9.36. The van der Waals surface area contributed by atoms with E-state index in [1.54, 1.807) is 23.5 Å². The average Bonchev–Trinajstić information content (AvgIpc) is 3.25. The van der Waals surface area contributed by atoms with Crippen LogP contribution in [0.4, 0.5) is 5.69 Å². The van der Waals surface area contributed by atoms with Crippen molar-refractivity contribution in [2.45, 2.75) is 23.7 Å². The van der Waals surface area contributed by atoms with E-state index in [0.717, 1.165) is 37.4 Å². The molecule has 29 heavy (non-hydrogen) atoms. The van der Waals surface area contributed by atoms with Crippen molar-refractivity contribution in [3.05, 3.63) is 56.5 Å². The molecule has 10 heteroatoms. The van der Waals surface area contributed by atoms with Gasteiger partial charge in [-0.15, -0.1) is 0 Å². The summed E-state index contributed by atoms with van der Waals surface area (Å²) >= 11 is 15.5. The number of thiazole rings is 1. The van der Waals surface area contributed by atoms with Crippen molar-refractivity contribution in [3.8, 4) is 0 Å². The summed E-state index contributed by atoms with van der Waals surface area (Å²) < 4.78 is 37.1. The van der Waals surface area contributed by atoms with E-state index in [9.17, 15) is 13.0 Å². The molecule has 1 saturated heterocycles. The smallest absolute Gasteiger partial charge is 0.281 e. The first-order valence-electron chi connectivity index (χ1n) is 8.90. The van der Waals surface area contributed by atoms with Gasteiger partial charge >= 0.3 is 10.1 Å². The molecule has 5 nitrogen and oxygen atoms in total. The molecule has 2 aliphatic rings. The van der Waals surface area contributed by atoms with Crippen LogP contribution in [0.1, 0.15) is 11.9 Å². The Balaban J connectivity index is 1.70. The lowest BCUT2D eigenvalue weighted by molar-refractivity contribution is -0.665. The largest absolute Gasteiger partial charge is 0.326 e. The highest BCUT2D eigenvalue weighted by molar-refractivity contribution is 8.03. The Morgan fingerprint density at radius 3 is 2.66 bits per heavy atom. The Morgan fingerprint density at radius 1 is 1.24 bits per heavy atom. The number of aryl methyl sites for hydroxylation is 1. The van der Waals surface area contributed by atoms with Crippen LogP contribution in [0.25, 0.3) is 16.3 Å². The second-order valence-corrected chi connectivity index (χ2v) is 11.6. The average molecular weight is 487 g/mol. The van der Waals surface area contributed by atoms with Crippen molar-refractivity contribution < 1.29 is 17.5 Å². The summed E-state index contributed by atoms with van der Waals surface area (Å²) in [4.78, 5) is 0.957. The molecular formula is C19H16Cl2N2O3S3+2. The third-order valence-electron chi connectivity index (χ3n) is 5.36. The lowest BCUT2D eigenvalue weighted by Gasteiger charge is -2.13. The second kappa shape index (κ2) is 6.68. The van der Waals surface area contributed by atoms with Crippen LogP contribution in [-0.4, -0.2) is 24.9 Å². The maximum Gasteiger partial charge on any atom is 0.326 e. The zero-order valence-electron chi connectivity index (χ0n) is 15.2. The van der Waals surface area contributed by atoms with Crippen LogP contribution in [0.2, 0.25) is 10.0 Å². The van der Waals surface area contributed by atoms with Gasteiger partial charge in [-0.3, -0.25) is 4.55 Å². The van der Waals surface area contributed by atoms with E-state index in [4.69, 9.17) is 23.2 Å². The predicted octanol–water partition coefficient (Wildman–Crippen LogP) is 5.15. The van der Waals surface area contributed by atoms with Crippen LogP contribution < -0.4 is 9.05 Å². The summed E-state index contributed by atoms with van der Waals surface area (Å²) in [5, 5.41) is 2.19. The first-order valence-corrected chi connectivity index (χ1v) is 12.8. The van der Waals surface area contributed by atoms with E-state index in [1.807, 2.05) is 30.3 Å². The van der Waals surface area contributed by atoms with Gasteiger partial charge in [0.1, 0.15) is 11.2 Å². The van der Waals surface area contributed by atoms with Crippen molar-refractivity contribution in [3.63, 3.8) is 0 Å². The number of benzene rings is 2. The topological polar surface area (TPSA) is 58.2 Å². The molecule has 1 fully saturated rings. The Bertz CT molecular complexity index is 1320. The van der Waals surface area contributed by atoms with Crippen molar-refractivity contribution in [1.29, 1.82) is 0 Å². The fraction of sp³-hybridized carbons (Fsp3) is 0.211. The van der Waals surface area contributed by atoms with E-state index in [-0.39, 0.29) is 4.48 Å². The minimum atomic E-state index is -4.19. The molecule has 3 heterocycles. The van der Waals surface area contributed by atoms with Gasteiger partial charge in [-0.1, -0.05) is 34.5 Å². The number of fused-ring (bicyclic) bond motifs is 3. The second-order valence-electron chi connectivity index (χ2n) is 7.01. The van der Waals surface area contributed by atoms with E-state index in [0.29, 0.717) is 16.6 Å². The Morgan fingerprint density at radius 2 is 1.97 bits per heavy atom. The maximum atomic E-state index is 12.0. The molecule has 3 aromatic rings. The fourth-order valence-corrected chi connectivity index (χ4v) is 8.01. The minimum Gasteiger partial charge on any atom is -0.281 e. The summed E-state index contributed by atoms with van der Waals surface area (Å²) in [7, 11) is -4.19. The number of hydrogen-bond acceptors (Lipinski definition) is 4. The van der Waals surface area contributed by atoms with Gasteiger partial charge in [-0.05, 0) is 43.0 Å². The molecule has 0 bridgehead atoms. The highest BCUT2D eigenvalue weighted by Crippen LogP contribution is 2.61. The molecule has 0 saturated carbocycles. The Hall–Kier alpha value is -1.13. The molecule has 0 amide bonds. The minimum absolute atomic E-state index is 0.0953. The van der Waals surface area contributed by atoms with Gasteiger partial charge in [-0.25, -0.2) is 4.48 Å². The first kappa shape index (κ1) is 19.8. The predicted molar refractivity (Wildman–Crippen MR) is 120 cm³/mol. The molecule has 150 valence electrons. The lowest BCUT2D eigenvalue weighted by Crippen LogP contribution is -2.34. The van der Waals surface area contributed by atoms with Gasteiger partial charge in [0.25, 0.3) is 10.4 Å². The molecule has 2 unspecified atom stereocenters. The zero-order valence-corrected chi connectivity index (χ0v) is 19.1. The molecule has 2 aliphatic heterocycles. The number of halogens is 2. The van der Waals surface area contributed by atoms with Crippen molar-refractivity contribution >= 4 is 78.4 Å². The number of nitrogens with zero attached hydrogens (tertiary/aromatic N) is 2. The SMILES string of the molecule is CC[n+]1c(C=C2Sc3ccc(Cl)cc3[N+]23CC3S(=O)(=O)O)sc2ccc(Cl)cc21. The normalized spacial score (nSPS) is 24.6. The van der Waals surface area contributed by atoms with Crippen LogP contribution in [0.5, 0.6) is 0 Å². The molecule has 1 aromatic heterocycles. The fourth-order valence-electron chi connectivity index (χ4n) is 3.97. The van der Waals surface area contributed by atoms with Crippen LogP contribution in [0.3, 0.4) is 0 Å². The molecule has 0 aliphatic carbocycles. The molecule has 0 radical (unpaired) electrons. The van der Waals surface area contributed by atoms with Gasteiger partial charge in [0.05, 0.1) is 11.0 Å². The molecule has 2 aromatic carbocycles. The molecular weight excluding hydrogens is 471 g/mol. The van der Waals surface area contributed by atoms with Crippen LogP contribution in [0, 0.1) is 0 Å². The number of quaternary nitrogens is 1. The number of thioether (sulfide) groups is 1. The standard InChI is InChI=1S/C19H15Cl2N2O3S3/c1-2-22-13-7-11(20)3-5-15(13)27-17(22)9-18-23(10-19(23)29(24,25)26)14-8-12(21)4-6-16(14)28-18/h3-9,19H,2,10H2,1H3/q+1/p+1. The zero-order chi connectivity index (χ0) is 20.6. The molecule has 1 spiro atoms. The van der Waals surface area contributed by atoms with E-state index >= 15 is 0 Å². The summed E-state index contributed by atoms with van der Waals surface area (Å²) in [6, 6.07) is 11.3. The maximum absolute atomic E-state index is 12.0. The van der Waals surface area contributed by atoms with Crippen LogP contribution in [-0.2, 0) is 16.7 Å². The quantitative estimate of drug-likeness (QED) is 0.240. The first-order chi connectivity index (χ1) is 13.7. The summed E-state index contributed by atoms with van der Waals surface area (Å²) in [6.07, 6.45) is 2.03. The van der Waals surface area contributed by atoms with Gasteiger partial charge in [0, 0.05) is 22.2 Å². The summed E-state index contributed by atoms with van der Waals surface area (Å²) in [5.41, 5.74) is 1.87. The Labute approximate surface area is 186 Å². The highest BCUT2D eigenvalue weighted by Gasteiger charge is 2.70. The van der Waals surface area contributed by atoms with Crippen LogP contribution in [0.15, 0.2) is 46.3 Å². The third kappa shape index (κ3) is 3.05. The number of aromatic nitrogens is 1. The van der Waals surface area contributed by atoms with Crippen LogP contribution >= 0.6 is 46.3 Å². The van der Waals surface area contributed by atoms with E-state index in [1.165, 1.54) is 11.8 Å². The number of rotatable bonds is 3. The molecule has 5 rings (SSSR count). The monoisotopic (exact) mass is 486 g/mol. The highest BCUT2D eigenvalue weighted by atomic mass is 35.5. The molecule has 1 N–H and O–H groups in total. The van der Waals surface area contributed by atoms with E-state index in [2.05, 4.69) is 11.5 Å². The van der Waals surface area contributed by atoms with E-state index < -0.39 is 15.5 Å². The lowest BCUT2D eigenvalue weighted by atomic mass is 10.3. The van der Waals surface area contributed by atoms with Gasteiger partial charge in [0.2, 0.25) is 5.52 Å². The Kier molecular flexibility index (Phi) is 4.57. The number of hydrogen-bond donors (Lipinski definition) is 1. The van der Waals surface area contributed by atoms with Gasteiger partial charge in [-0.2, -0.15) is 13.0 Å². The van der Waals surface area contributed by atoms with Gasteiger partial charge in [0.15, 0.2) is 17.3 Å². The summed E-state index contributed by atoms with van der Waals surface area (Å²) in [5.74, 6) is 0. The van der Waals surface area contributed by atoms with Crippen molar-refractivity contribution in [2.24, 2.45) is 0 Å². The van der Waals surface area contributed by atoms with Crippen molar-refractivity contribution in [1.82, 2.24) is 4.48 Å².